The van der Waals surface area contributed by atoms with Crippen molar-refractivity contribution in [2.24, 2.45) is 0 Å². The highest BCUT2D eigenvalue weighted by Crippen LogP contribution is 2.39. The first-order valence-corrected chi connectivity index (χ1v) is 10.2. The molecule has 8 nitrogen and oxygen atoms in total. The van der Waals surface area contributed by atoms with Gasteiger partial charge in [-0.25, -0.2) is 14.4 Å². The van der Waals surface area contributed by atoms with Gasteiger partial charge in [0.15, 0.2) is 23.1 Å². The molecule has 0 saturated carbocycles. The summed E-state index contributed by atoms with van der Waals surface area (Å²) in [4.78, 5) is 16.5. The number of piperidine rings is 1. The summed E-state index contributed by atoms with van der Waals surface area (Å²) in [6, 6.07) is 4.70. The minimum absolute atomic E-state index is 0.00675. The molecule has 6 heterocycles. The first kappa shape index (κ1) is 17.5. The van der Waals surface area contributed by atoms with Crippen LogP contribution < -0.4 is 11.1 Å². The number of H-pyrrole nitrogens is 1. The third-order valence-corrected chi connectivity index (χ3v) is 6.32. The molecule has 6 rings (SSSR count). The van der Waals surface area contributed by atoms with Gasteiger partial charge in [-0.05, 0) is 31.7 Å². The number of rotatable bonds is 3. The van der Waals surface area contributed by atoms with Crippen LogP contribution in [0.3, 0.4) is 0 Å². The molecular formula is C21H21FN8. The lowest BCUT2D eigenvalue weighted by Gasteiger charge is -2.29. The standard InChI is InChI=1S/C21H21FN8/c22-17-18(12-7-13-2-3-14(8-12)28-13)29-21-15(10-27-30(21)19(17)23)11-1-4-16(26-9-11)20-24-5-6-25-20/h1,4-6,9-10,12-14,28H,2-3,7-8,23H2,(H,24,25)/t12?,13-,14+. The number of aromatic amines is 1. The van der Waals surface area contributed by atoms with Gasteiger partial charge in [0.2, 0.25) is 0 Å². The predicted molar refractivity (Wildman–Crippen MR) is 110 cm³/mol. The third kappa shape index (κ3) is 2.69. The number of anilines is 1. The normalized spacial score (nSPS) is 23.3. The van der Waals surface area contributed by atoms with Crippen LogP contribution in [0.25, 0.3) is 28.3 Å². The summed E-state index contributed by atoms with van der Waals surface area (Å²) in [7, 11) is 0. The molecule has 0 radical (unpaired) electrons. The van der Waals surface area contributed by atoms with E-state index in [9.17, 15) is 0 Å². The lowest BCUT2D eigenvalue weighted by Crippen LogP contribution is -2.37. The maximum atomic E-state index is 15.1. The number of hydrogen-bond donors (Lipinski definition) is 3. The van der Waals surface area contributed by atoms with Crippen molar-refractivity contribution >= 4 is 11.5 Å². The first-order chi connectivity index (χ1) is 14.7. The average molecular weight is 404 g/mol. The molecule has 2 aliphatic heterocycles. The second-order valence-corrected chi connectivity index (χ2v) is 8.17. The molecule has 0 aromatic carbocycles. The molecule has 3 atom stereocenters. The van der Waals surface area contributed by atoms with Crippen LogP contribution in [0.4, 0.5) is 10.2 Å². The first-order valence-electron chi connectivity index (χ1n) is 10.2. The van der Waals surface area contributed by atoms with Crippen LogP contribution in [0, 0.1) is 5.82 Å². The van der Waals surface area contributed by atoms with Crippen molar-refractivity contribution in [3.63, 3.8) is 0 Å². The van der Waals surface area contributed by atoms with E-state index < -0.39 is 5.82 Å². The quantitative estimate of drug-likeness (QED) is 0.484. The average Bonchev–Trinajstić information content (AvgIpc) is 3.51. The summed E-state index contributed by atoms with van der Waals surface area (Å²) >= 11 is 0. The van der Waals surface area contributed by atoms with Gasteiger partial charge in [0, 0.05) is 47.7 Å². The van der Waals surface area contributed by atoms with Crippen molar-refractivity contribution in [2.45, 2.75) is 43.7 Å². The van der Waals surface area contributed by atoms with Crippen LogP contribution in [0.15, 0.2) is 36.9 Å². The number of nitrogen functional groups attached to an aromatic ring is 1. The third-order valence-electron chi connectivity index (χ3n) is 6.32. The summed E-state index contributed by atoms with van der Waals surface area (Å²) in [5.74, 6) is 0.328. The molecule has 152 valence electrons. The fraction of sp³-hybridized carbons (Fsp3) is 0.333. The number of imidazole rings is 1. The Balaban J connectivity index is 1.42. The van der Waals surface area contributed by atoms with Gasteiger partial charge in [0.05, 0.1) is 11.9 Å². The van der Waals surface area contributed by atoms with E-state index in [-0.39, 0.29) is 11.7 Å². The molecule has 2 saturated heterocycles. The van der Waals surface area contributed by atoms with E-state index in [0.29, 0.717) is 29.2 Å². The molecule has 2 aliphatic rings. The zero-order valence-corrected chi connectivity index (χ0v) is 16.2. The molecule has 30 heavy (non-hydrogen) atoms. The van der Waals surface area contributed by atoms with Gasteiger partial charge in [0.25, 0.3) is 0 Å². The molecule has 2 bridgehead atoms. The predicted octanol–water partition coefficient (Wildman–Crippen LogP) is 2.90. The number of nitrogens with zero attached hydrogens (tertiary/aromatic N) is 5. The monoisotopic (exact) mass is 404 g/mol. The molecule has 0 amide bonds. The number of aromatic nitrogens is 6. The van der Waals surface area contributed by atoms with Crippen molar-refractivity contribution in [1.29, 1.82) is 0 Å². The van der Waals surface area contributed by atoms with Crippen molar-refractivity contribution < 1.29 is 4.39 Å². The van der Waals surface area contributed by atoms with E-state index in [4.69, 9.17) is 10.7 Å². The largest absolute Gasteiger partial charge is 0.381 e. The van der Waals surface area contributed by atoms with Crippen molar-refractivity contribution in [1.82, 2.24) is 34.9 Å². The number of fused-ring (bicyclic) bond motifs is 3. The smallest absolute Gasteiger partial charge is 0.187 e. The second-order valence-electron chi connectivity index (χ2n) is 8.17. The van der Waals surface area contributed by atoms with Crippen molar-refractivity contribution in [2.75, 3.05) is 5.73 Å². The van der Waals surface area contributed by atoms with Crippen LogP contribution in [-0.2, 0) is 0 Å². The zero-order chi connectivity index (χ0) is 20.2. The van der Waals surface area contributed by atoms with Crippen molar-refractivity contribution in [3.05, 3.63) is 48.4 Å². The van der Waals surface area contributed by atoms with E-state index in [1.54, 1.807) is 24.8 Å². The van der Waals surface area contributed by atoms with Crippen LogP contribution >= 0.6 is 0 Å². The van der Waals surface area contributed by atoms with Gasteiger partial charge in [-0.1, -0.05) is 6.07 Å². The highest BCUT2D eigenvalue weighted by Gasteiger charge is 2.36. The summed E-state index contributed by atoms with van der Waals surface area (Å²) in [6.45, 7) is 0. The summed E-state index contributed by atoms with van der Waals surface area (Å²) in [6.07, 6.45) is 10.9. The second kappa shape index (κ2) is 6.60. The van der Waals surface area contributed by atoms with E-state index >= 15 is 4.39 Å². The van der Waals surface area contributed by atoms with E-state index in [1.165, 1.54) is 4.52 Å². The van der Waals surface area contributed by atoms with Crippen LogP contribution in [0.1, 0.15) is 37.3 Å². The molecule has 9 heteroatoms. The molecule has 2 fully saturated rings. The fourth-order valence-electron chi connectivity index (χ4n) is 4.87. The number of pyridine rings is 1. The van der Waals surface area contributed by atoms with Gasteiger partial charge < -0.3 is 16.0 Å². The zero-order valence-electron chi connectivity index (χ0n) is 16.2. The molecule has 4 aromatic rings. The van der Waals surface area contributed by atoms with Crippen molar-refractivity contribution in [3.8, 4) is 22.6 Å². The molecular weight excluding hydrogens is 383 g/mol. The maximum absolute atomic E-state index is 15.1. The lowest BCUT2D eigenvalue weighted by molar-refractivity contribution is 0.351. The number of nitrogens with two attached hydrogens (primary N) is 1. The summed E-state index contributed by atoms with van der Waals surface area (Å²) in [5, 5.41) is 7.88. The summed E-state index contributed by atoms with van der Waals surface area (Å²) in [5.41, 5.74) is 9.51. The molecule has 0 spiro atoms. The van der Waals surface area contributed by atoms with Crippen LogP contribution in [0.5, 0.6) is 0 Å². The Hall–Kier alpha value is -3.33. The minimum Gasteiger partial charge on any atom is -0.381 e. The summed E-state index contributed by atoms with van der Waals surface area (Å²) < 4.78 is 16.5. The highest BCUT2D eigenvalue weighted by atomic mass is 19.1. The number of hydrogen-bond acceptors (Lipinski definition) is 6. The van der Waals surface area contributed by atoms with E-state index in [1.807, 2.05) is 12.1 Å². The highest BCUT2D eigenvalue weighted by molar-refractivity contribution is 5.78. The molecule has 4 aromatic heterocycles. The maximum Gasteiger partial charge on any atom is 0.187 e. The SMILES string of the molecule is Nc1c(F)c(C2C[C@H]3CC[C@@H](C2)N3)nc2c(-c3ccc(-c4ncc[nH]4)nc3)cnn12. The Bertz CT molecular complexity index is 1200. The van der Waals surface area contributed by atoms with Gasteiger partial charge in [-0.15, -0.1) is 0 Å². The number of halogens is 1. The Labute approximate surface area is 171 Å². The molecule has 4 N–H and O–H groups in total. The van der Waals surface area contributed by atoms with Gasteiger partial charge in [-0.3, -0.25) is 4.98 Å². The Kier molecular flexibility index (Phi) is 3.85. The Morgan fingerprint density at radius 2 is 1.93 bits per heavy atom. The molecule has 1 unspecified atom stereocenters. The topological polar surface area (TPSA) is 110 Å². The molecule has 0 aliphatic carbocycles. The lowest BCUT2D eigenvalue weighted by atomic mass is 9.89. The van der Waals surface area contributed by atoms with Crippen LogP contribution in [0.2, 0.25) is 0 Å². The minimum atomic E-state index is -0.449. The fourth-order valence-corrected chi connectivity index (χ4v) is 4.87. The van der Waals surface area contributed by atoms with Gasteiger partial charge in [0.1, 0.15) is 5.69 Å². The van der Waals surface area contributed by atoms with E-state index in [0.717, 1.165) is 42.5 Å². The van der Waals surface area contributed by atoms with Crippen LogP contribution in [-0.4, -0.2) is 41.6 Å². The number of nitrogens with one attached hydrogen (secondary N) is 2. The van der Waals surface area contributed by atoms with Gasteiger partial charge >= 0.3 is 0 Å². The Morgan fingerprint density at radius 3 is 2.63 bits per heavy atom. The van der Waals surface area contributed by atoms with Gasteiger partial charge in [-0.2, -0.15) is 9.61 Å². The Morgan fingerprint density at radius 1 is 1.10 bits per heavy atom. The van der Waals surface area contributed by atoms with E-state index in [2.05, 4.69) is 25.4 Å².